The maximum atomic E-state index is 12.6. The average molecular weight is 332 g/mol. The van der Waals surface area contributed by atoms with Gasteiger partial charge in [0.25, 0.3) is 0 Å². The lowest BCUT2D eigenvalue weighted by Crippen LogP contribution is -2.03. The van der Waals surface area contributed by atoms with Gasteiger partial charge in [-0.15, -0.1) is 0 Å². The van der Waals surface area contributed by atoms with E-state index in [2.05, 4.69) is 4.99 Å². The normalized spacial score (nSPS) is 12.2. The first-order chi connectivity index (χ1) is 9.82. The number of nitrogens with zero attached hydrogens (tertiary/aromatic N) is 2. The Hall–Kier alpha value is -1.67. The number of hydrogen-bond donors (Lipinski definition) is 1. The maximum absolute atomic E-state index is 12.6. The molecule has 2 aromatic rings. The van der Waals surface area contributed by atoms with Gasteiger partial charge in [-0.2, -0.15) is 13.2 Å². The predicted molar refractivity (Wildman–Crippen MR) is 79.2 cm³/mol. The fourth-order valence-corrected chi connectivity index (χ4v) is 2.98. The molecule has 0 aliphatic rings. The fraction of sp³-hybridized carbons (Fsp3) is 0.231. The minimum atomic E-state index is -4.41. The summed E-state index contributed by atoms with van der Waals surface area (Å²) in [5.41, 5.74) is -0.605. The number of hydrogen-bond acceptors (Lipinski definition) is 4. The van der Waals surface area contributed by atoms with E-state index in [0.717, 1.165) is 23.5 Å². The molecule has 2 rings (SSSR count). The van der Waals surface area contributed by atoms with E-state index in [-0.39, 0.29) is 11.6 Å². The monoisotopic (exact) mass is 332 g/mol. The van der Waals surface area contributed by atoms with Gasteiger partial charge in [0, 0.05) is 6.54 Å². The summed E-state index contributed by atoms with van der Waals surface area (Å²) in [7, 11) is 0. The Labute approximate surface area is 128 Å². The van der Waals surface area contributed by atoms with Gasteiger partial charge in [-0.3, -0.25) is 9.56 Å². The molecule has 1 aromatic carbocycles. The Bertz CT molecular complexity index is 732. The van der Waals surface area contributed by atoms with E-state index in [4.69, 9.17) is 12.2 Å². The highest BCUT2D eigenvalue weighted by Crippen LogP contribution is 2.31. The Morgan fingerprint density at radius 3 is 2.71 bits per heavy atom. The molecular formula is C13H11F3N2OS2. The molecular weight excluding hydrogens is 321 g/mol. The summed E-state index contributed by atoms with van der Waals surface area (Å²) in [6.07, 6.45) is -3.09. The Kier molecular flexibility index (Phi) is 4.48. The number of thiazole rings is 1. The van der Waals surface area contributed by atoms with Crippen molar-refractivity contribution in [3.05, 3.63) is 38.7 Å². The molecule has 0 spiro atoms. The Morgan fingerprint density at radius 1 is 1.43 bits per heavy atom. The molecule has 8 heteroatoms. The van der Waals surface area contributed by atoms with Crippen LogP contribution in [-0.2, 0) is 12.7 Å². The van der Waals surface area contributed by atoms with Crippen molar-refractivity contribution in [3.8, 4) is 5.88 Å². The van der Waals surface area contributed by atoms with Gasteiger partial charge in [-0.25, -0.2) is 0 Å². The van der Waals surface area contributed by atoms with Crippen LogP contribution < -0.4 is 0 Å². The van der Waals surface area contributed by atoms with Crippen LogP contribution in [0.15, 0.2) is 29.3 Å². The molecule has 112 valence electrons. The van der Waals surface area contributed by atoms with Gasteiger partial charge in [0.1, 0.15) is 4.88 Å². The molecule has 1 aromatic heterocycles. The van der Waals surface area contributed by atoms with Crippen LogP contribution in [0.5, 0.6) is 5.88 Å². The van der Waals surface area contributed by atoms with Crippen LogP contribution in [0.3, 0.4) is 0 Å². The van der Waals surface area contributed by atoms with Crippen molar-refractivity contribution in [2.24, 2.45) is 4.99 Å². The van der Waals surface area contributed by atoms with Crippen molar-refractivity contribution in [2.45, 2.75) is 19.6 Å². The lowest BCUT2D eigenvalue weighted by atomic mass is 10.2. The van der Waals surface area contributed by atoms with E-state index >= 15 is 0 Å². The zero-order valence-electron chi connectivity index (χ0n) is 10.9. The smallest absolute Gasteiger partial charge is 0.416 e. The van der Waals surface area contributed by atoms with Gasteiger partial charge in [0.15, 0.2) is 3.95 Å². The van der Waals surface area contributed by atoms with Gasteiger partial charge < -0.3 is 5.11 Å². The Morgan fingerprint density at radius 2 is 2.14 bits per heavy atom. The lowest BCUT2D eigenvalue weighted by Gasteiger charge is -2.06. The summed E-state index contributed by atoms with van der Waals surface area (Å²) in [6.45, 7) is 2.34. The van der Waals surface area contributed by atoms with Crippen molar-refractivity contribution < 1.29 is 18.3 Å². The van der Waals surface area contributed by atoms with Crippen LogP contribution in [0.25, 0.3) is 0 Å². The van der Waals surface area contributed by atoms with E-state index < -0.39 is 11.7 Å². The van der Waals surface area contributed by atoms with E-state index in [1.54, 1.807) is 0 Å². The summed E-state index contributed by atoms with van der Waals surface area (Å²) in [5, 5.41) is 9.91. The van der Waals surface area contributed by atoms with Crippen molar-refractivity contribution in [1.29, 1.82) is 0 Å². The third-order valence-corrected chi connectivity index (χ3v) is 4.09. The van der Waals surface area contributed by atoms with Crippen LogP contribution in [0.2, 0.25) is 0 Å². The van der Waals surface area contributed by atoms with Gasteiger partial charge in [0.05, 0.1) is 17.5 Å². The highest BCUT2D eigenvalue weighted by Gasteiger charge is 2.30. The largest absolute Gasteiger partial charge is 0.493 e. The first-order valence-corrected chi connectivity index (χ1v) is 7.19. The number of halogens is 3. The molecule has 1 N–H and O–H groups in total. The third kappa shape index (κ3) is 3.51. The van der Waals surface area contributed by atoms with Crippen LogP contribution >= 0.6 is 23.6 Å². The molecule has 21 heavy (non-hydrogen) atoms. The minimum absolute atomic E-state index is 0.0248. The molecule has 0 atom stereocenters. The Balaban J connectivity index is 2.32. The number of aromatic hydroxyl groups is 1. The summed E-state index contributed by atoms with van der Waals surface area (Å²) in [4.78, 5) is 4.38. The van der Waals surface area contributed by atoms with Gasteiger partial charge in [-0.05, 0) is 37.3 Å². The van der Waals surface area contributed by atoms with Gasteiger partial charge in [-0.1, -0.05) is 17.4 Å². The lowest BCUT2D eigenvalue weighted by molar-refractivity contribution is -0.137. The van der Waals surface area contributed by atoms with Gasteiger partial charge >= 0.3 is 6.18 Å². The highest BCUT2D eigenvalue weighted by atomic mass is 32.1. The fourth-order valence-electron chi connectivity index (χ4n) is 1.67. The SMILES string of the molecule is CCn1c(O)c(C=Nc2cccc(C(F)(F)F)c2)sc1=S. The zero-order chi connectivity index (χ0) is 15.6. The minimum Gasteiger partial charge on any atom is -0.493 e. The third-order valence-electron chi connectivity index (χ3n) is 2.71. The second-order valence-corrected chi connectivity index (χ2v) is 5.78. The second kappa shape index (κ2) is 5.98. The van der Waals surface area contributed by atoms with E-state index in [0.29, 0.717) is 15.4 Å². The zero-order valence-corrected chi connectivity index (χ0v) is 12.5. The molecule has 0 amide bonds. The number of aromatic nitrogens is 1. The van der Waals surface area contributed by atoms with Crippen molar-refractivity contribution in [2.75, 3.05) is 0 Å². The maximum Gasteiger partial charge on any atom is 0.416 e. The number of rotatable bonds is 3. The van der Waals surface area contributed by atoms with Crippen molar-refractivity contribution in [3.63, 3.8) is 0 Å². The van der Waals surface area contributed by atoms with E-state index in [9.17, 15) is 18.3 Å². The molecule has 0 fully saturated rings. The molecule has 0 saturated heterocycles. The number of benzene rings is 1. The van der Waals surface area contributed by atoms with Crippen molar-refractivity contribution in [1.82, 2.24) is 4.57 Å². The molecule has 0 unspecified atom stereocenters. The molecule has 0 aliphatic carbocycles. The molecule has 0 bridgehead atoms. The molecule has 3 nitrogen and oxygen atoms in total. The van der Waals surface area contributed by atoms with Crippen molar-refractivity contribution >= 4 is 35.5 Å². The van der Waals surface area contributed by atoms with Crippen LogP contribution in [-0.4, -0.2) is 15.9 Å². The van der Waals surface area contributed by atoms with Crippen LogP contribution in [0, 0.1) is 3.95 Å². The van der Waals surface area contributed by atoms with E-state index in [1.165, 1.54) is 22.9 Å². The first kappa shape index (κ1) is 15.7. The van der Waals surface area contributed by atoms with E-state index in [1.807, 2.05) is 6.92 Å². The average Bonchev–Trinajstić information content (AvgIpc) is 2.70. The molecule has 0 radical (unpaired) electrons. The second-order valence-electron chi connectivity index (χ2n) is 4.11. The molecule has 0 aliphatic heterocycles. The standard InChI is InChI=1S/C13H11F3N2OS2/c1-2-18-11(19)10(21-12(18)20)7-17-9-5-3-4-8(6-9)13(14,15)16/h3-7,19H,2H2,1H3. The quantitative estimate of drug-likeness (QED) is 0.649. The van der Waals surface area contributed by atoms with Crippen LogP contribution in [0.4, 0.5) is 18.9 Å². The number of aliphatic imine (C=N–C) groups is 1. The topological polar surface area (TPSA) is 37.5 Å². The summed E-state index contributed by atoms with van der Waals surface area (Å²) >= 11 is 6.22. The first-order valence-electron chi connectivity index (χ1n) is 5.97. The molecule has 1 heterocycles. The molecule has 0 saturated carbocycles. The number of alkyl halides is 3. The summed E-state index contributed by atoms with van der Waals surface area (Å²) in [5.74, 6) is -0.0248. The summed E-state index contributed by atoms with van der Waals surface area (Å²) < 4.78 is 39.8. The van der Waals surface area contributed by atoms with Gasteiger partial charge in [0.2, 0.25) is 5.88 Å². The highest BCUT2D eigenvalue weighted by molar-refractivity contribution is 7.73. The summed E-state index contributed by atoms with van der Waals surface area (Å²) in [6, 6.07) is 4.67. The predicted octanol–water partition coefficient (Wildman–Crippen LogP) is 4.77. The van der Waals surface area contributed by atoms with Crippen LogP contribution in [0.1, 0.15) is 17.4 Å².